The Morgan fingerprint density at radius 2 is 1.95 bits per heavy atom. The van der Waals surface area contributed by atoms with E-state index in [1.165, 1.54) is 7.11 Å². The molecule has 0 spiro atoms. The molecule has 7 heteroatoms. The highest BCUT2D eigenvalue weighted by Gasteiger charge is 2.42. The van der Waals surface area contributed by atoms with E-state index in [1.807, 2.05) is 0 Å². The molecule has 0 aromatic rings. The van der Waals surface area contributed by atoms with Crippen LogP contribution in [0, 0.1) is 11.8 Å². The Balaban J connectivity index is 2.29. The van der Waals surface area contributed by atoms with Crippen LogP contribution in [-0.2, 0) is 9.53 Å². The average Bonchev–Trinajstić information content (AvgIpc) is 2.35. The fourth-order valence-corrected chi connectivity index (χ4v) is 2.30. The molecule has 1 amide bonds. The molecule has 0 aliphatic heterocycles. The van der Waals surface area contributed by atoms with Gasteiger partial charge in [0.15, 0.2) is 0 Å². The summed E-state index contributed by atoms with van der Waals surface area (Å²) in [4.78, 5) is 11.7. The van der Waals surface area contributed by atoms with E-state index in [0.29, 0.717) is 0 Å². The Bertz CT molecular complexity index is 288. The first-order valence-electron chi connectivity index (χ1n) is 6.36. The minimum absolute atomic E-state index is 0.00219. The van der Waals surface area contributed by atoms with Crippen LogP contribution in [0.4, 0.5) is 13.2 Å². The molecule has 2 N–H and O–H groups in total. The Kier molecular flexibility index (Phi) is 6.06. The zero-order valence-electron chi connectivity index (χ0n) is 10.9. The quantitative estimate of drug-likeness (QED) is 0.803. The lowest BCUT2D eigenvalue weighted by Gasteiger charge is -2.29. The second kappa shape index (κ2) is 7.09. The molecule has 1 aliphatic carbocycles. The maximum absolute atomic E-state index is 12.5. The zero-order chi connectivity index (χ0) is 14.5. The average molecular weight is 283 g/mol. The van der Waals surface area contributed by atoms with Crippen molar-refractivity contribution in [1.82, 2.24) is 5.32 Å². The molecule has 1 fully saturated rings. The molecule has 0 saturated heterocycles. The van der Waals surface area contributed by atoms with Crippen LogP contribution >= 0.6 is 0 Å². The first-order valence-corrected chi connectivity index (χ1v) is 6.36. The van der Waals surface area contributed by atoms with Gasteiger partial charge in [0, 0.05) is 19.6 Å². The SMILES string of the molecule is COCC(O)CNC(=O)C1CCC(C(F)(F)F)CC1. The van der Waals surface area contributed by atoms with Crippen LogP contribution in [0.2, 0.25) is 0 Å². The smallest absolute Gasteiger partial charge is 0.389 e. The number of ether oxygens (including phenoxy) is 1. The molecular formula is C12H20F3NO3. The van der Waals surface area contributed by atoms with Crippen molar-refractivity contribution in [2.24, 2.45) is 11.8 Å². The van der Waals surface area contributed by atoms with Crippen LogP contribution in [-0.4, -0.2) is 43.6 Å². The van der Waals surface area contributed by atoms with Crippen LogP contribution < -0.4 is 5.32 Å². The summed E-state index contributed by atoms with van der Waals surface area (Å²) in [6, 6.07) is 0. The Morgan fingerprint density at radius 3 is 2.42 bits per heavy atom. The highest BCUT2D eigenvalue weighted by molar-refractivity contribution is 5.78. The molecule has 0 heterocycles. The largest absolute Gasteiger partial charge is 0.391 e. The second-order valence-corrected chi connectivity index (χ2v) is 4.94. The lowest BCUT2D eigenvalue weighted by atomic mass is 9.81. The monoisotopic (exact) mass is 283 g/mol. The van der Waals surface area contributed by atoms with E-state index in [9.17, 15) is 23.1 Å². The van der Waals surface area contributed by atoms with Crippen molar-refractivity contribution >= 4 is 5.91 Å². The molecule has 0 bridgehead atoms. The minimum atomic E-state index is -4.16. The van der Waals surface area contributed by atoms with E-state index in [2.05, 4.69) is 5.32 Å². The van der Waals surface area contributed by atoms with Crippen LogP contribution in [0.25, 0.3) is 0 Å². The van der Waals surface area contributed by atoms with Crippen molar-refractivity contribution in [3.05, 3.63) is 0 Å². The molecule has 112 valence electrons. The number of alkyl halides is 3. The van der Waals surface area contributed by atoms with Crippen molar-refractivity contribution in [1.29, 1.82) is 0 Å². The van der Waals surface area contributed by atoms with Gasteiger partial charge in [-0.2, -0.15) is 13.2 Å². The van der Waals surface area contributed by atoms with Crippen molar-refractivity contribution in [3.8, 4) is 0 Å². The third kappa shape index (κ3) is 5.36. The van der Waals surface area contributed by atoms with Gasteiger partial charge in [0.2, 0.25) is 5.91 Å². The van der Waals surface area contributed by atoms with Crippen LogP contribution in [0.5, 0.6) is 0 Å². The summed E-state index contributed by atoms with van der Waals surface area (Å²) in [5.74, 6) is -1.94. The zero-order valence-corrected chi connectivity index (χ0v) is 10.9. The third-order valence-electron chi connectivity index (χ3n) is 3.43. The normalized spacial score (nSPS) is 25.9. The number of amides is 1. The van der Waals surface area contributed by atoms with E-state index >= 15 is 0 Å². The number of hydrogen-bond donors (Lipinski definition) is 2. The van der Waals surface area contributed by atoms with E-state index in [4.69, 9.17) is 4.74 Å². The van der Waals surface area contributed by atoms with E-state index in [1.54, 1.807) is 0 Å². The van der Waals surface area contributed by atoms with Crippen molar-refractivity contribution < 1.29 is 27.8 Å². The predicted molar refractivity (Wildman–Crippen MR) is 62.4 cm³/mol. The van der Waals surface area contributed by atoms with Gasteiger partial charge in [-0.15, -0.1) is 0 Å². The lowest BCUT2D eigenvalue weighted by Crippen LogP contribution is -2.40. The molecule has 0 radical (unpaired) electrons. The van der Waals surface area contributed by atoms with Gasteiger partial charge < -0.3 is 15.2 Å². The second-order valence-electron chi connectivity index (χ2n) is 4.94. The van der Waals surface area contributed by atoms with Crippen molar-refractivity contribution in [2.75, 3.05) is 20.3 Å². The van der Waals surface area contributed by atoms with Crippen LogP contribution in [0.15, 0.2) is 0 Å². The fourth-order valence-electron chi connectivity index (χ4n) is 2.30. The van der Waals surface area contributed by atoms with Gasteiger partial charge in [0.1, 0.15) is 0 Å². The van der Waals surface area contributed by atoms with Gasteiger partial charge in [-0.25, -0.2) is 0 Å². The number of carbonyl (C=O) groups excluding carboxylic acids is 1. The van der Waals surface area contributed by atoms with Crippen LogP contribution in [0.1, 0.15) is 25.7 Å². The molecule has 1 aliphatic rings. The summed E-state index contributed by atoms with van der Waals surface area (Å²) < 4.78 is 42.1. The van der Waals surface area contributed by atoms with Gasteiger partial charge >= 0.3 is 6.18 Å². The summed E-state index contributed by atoms with van der Waals surface area (Å²) in [6.45, 7) is 0.174. The van der Waals surface area contributed by atoms with Gasteiger partial charge in [0.25, 0.3) is 0 Å². The van der Waals surface area contributed by atoms with Crippen molar-refractivity contribution in [3.63, 3.8) is 0 Å². The number of rotatable bonds is 5. The molecule has 0 aromatic heterocycles. The Morgan fingerprint density at radius 1 is 1.37 bits per heavy atom. The van der Waals surface area contributed by atoms with Gasteiger partial charge in [-0.05, 0) is 25.7 Å². The summed E-state index contributed by atoms with van der Waals surface area (Å²) in [7, 11) is 1.43. The molecule has 19 heavy (non-hydrogen) atoms. The predicted octanol–water partition coefficient (Wildman–Crippen LogP) is 1.48. The number of hydrogen-bond acceptors (Lipinski definition) is 3. The number of aliphatic hydroxyl groups is 1. The molecule has 4 nitrogen and oxygen atoms in total. The number of halogens is 3. The molecule has 1 unspecified atom stereocenters. The number of carbonyl (C=O) groups is 1. The van der Waals surface area contributed by atoms with E-state index < -0.39 is 18.2 Å². The maximum Gasteiger partial charge on any atom is 0.391 e. The van der Waals surface area contributed by atoms with Gasteiger partial charge in [-0.1, -0.05) is 0 Å². The third-order valence-corrected chi connectivity index (χ3v) is 3.43. The van der Waals surface area contributed by atoms with E-state index in [0.717, 1.165) is 0 Å². The van der Waals surface area contributed by atoms with E-state index in [-0.39, 0.29) is 50.7 Å². The molecule has 1 rings (SSSR count). The Labute approximate surface area is 110 Å². The number of nitrogens with one attached hydrogen (secondary N) is 1. The summed E-state index contributed by atoms with van der Waals surface area (Å²) in [5, 5.41) is 11.9. The number of methoxy groups -OCH3 is 1. The Hall–Kier alpha value is -0.820. The van der Waals surface area contributed by atoms with Crippen LogP contribution in [0.3, 0.4) is 0 Å². The fraction of sp³-hybridized carbons (Fsp3) is 0.917. The topological polar surface area (TPSA) is 58.6 Å². The minimum Gasteiger partial charge on any atom is -0.389 e. The summed E-state index contributed by atoms with van der Waals surface area (Å²) >= 11 is 0. The molecule has 1 atom stereocenters. The molecular weight excluding hydrogens is 263 g/mol. The summed E-state index contributed by atoms with van der Waals surface area (Å²) in [6.07, 6.45) is -4.45. The first kappa shape index (κ1) is 16.2. The highest BCUT2D eigenvalue weighted by atomic mass is 19.4. The maximum atomic E-state index is 12.5. The van der Waals surface area contributed by atoms with Crippen molar-refractivity contribution in [2.45, 2.75) is 38.0 Å². The molecule has 0 aromatic carbocycles. The van der Waals surface area contributed by atoms with Gasteiger partial charge in [-0.3, -0.25) is 4.79 Å². The lowest BCUT2D eigenvalue weighted by molar-refractivity contribution is -0.184. The van der Waals surface area contributed by atoms with Gasteiger partial charge in [0.05, 0.1) is 18.6 Å². The number of aliphatic hydroxyl groups excluding tert-OH is 1. The summed E-state index contributed by atoms with van der Waals surface area (Å²) in [5.41, 5.74) is 0. The standard InChI is InChI=1S/C12H20F3NO3/c1-19-7-10(17)6-16-11(18)8-2-4-9(5-3-8)12(13,14)15/h8-10,17H,2-7H2,1H3,(H,16,18). The highest BCUT2D eigenvalue weighted by Crippen LogP contribution is 2.39. The molecule has 1 saturated carbocycles. The first-order chi connectivity index (χ1) is 8.84.